The first-order chi connectivity index (χ1) is 10.0. The lowest BCUT2D eigenvalue weighted by Gasteiger charge is -2.17. The number of halogens is 2. The van der Waals surface area contributed by atoms with E-state index in [0.717, 1.165) is 23.0 Å². The van der Waals surface area contributed by atoms with Crippen molar-refractivity contribution >= 4 is 28.9 Å². The summed E-state index contributed by atoms with van der Waals surface area (Å²) in [6, 6.07) is 4.84. The molecule has 2 aromatic rings. The lowest BCUT2D eigenvalue weighted by molar-refractivity contribution is -0.115. The van der Waals surface area contributed by atoms with Crippen LogP contribution in [0, 0.1) is 5.82 Å². The van der Waals surface area contributed by atoms with Gasteiger partial charge in [-0.15, -0.1) is 0 Å². The van der Waals surface area contributed by atoms with Gasteiger partial charge in [0, 0.05) is 11.9 Å². The molecule has 108 valence electrons. The van der Waals surface area contributed by atoms with Crippen LogP contribution in [0.25, 0.3) is 0 Å². The van der Waals surface area contributed by atoms with Crippen molar-refractivity contribution in [2.75, 3.05) is 10.6 Å². The molecule has 1 amide bonds. The fraction of sp³-hybridized carbons (Fsp3) is 0.200. The summed E-state index contributed by atoms with van der Waals surface area (Å²) in [7, 11) is 0. The molecule has 2 N–H and O–H groups in total. The SMILES string of the molecule is CC(Nc1cc2c(cc1Cl)NC(=O)C2)c1cncc(F)c1. The minimum Gasteiger partial charge on any atom is -0.377 e. The van der Waals surface area contributed by atoms with E-state index >= 15 is 0 Å². The molecule has 0 radical (unpaired) electrons. The number of amides is 1. The average molecular weight is 306 g/mol. The first-order valence-electron chi connectivity index (χ1n) is 6.52. The van der Waals surface area contributed by atoms with Gasteiger partial charge in [0.2, 0.25) is 5.91 Å². The zero-order valence-electron chi connectivity index (χ0n) is 11.3. The topological polar surface area (TPSA) is 54.0 Å². The van der Waals surface area contributed by atoms with Crippen LogP contribution in [-0.2, 0) is 11.2 Å². The Morgan fingerprint density at radius 2 is 2.19 bits per heavy atom. The number of anilines is 2. The van der Waals surface area contributed by atoms with Crippen molar-refractivity contribution in [2.24, 2.45) is 0 Å². The molecule has 1 aromatic carbocycles. The summed E-state index contributed by atoms with van der Waals surface area (Å²) in [5.74, 6) is -0.420. The molecule has 2 heterocycles. The van der Waals surface area contributed by atoms with Crippen LogP contribution in [0.3, 0.4) is 0 Å². The van der Waals surface area contributed by atoms with Gasteiger partial charge in [-0.2, -0.15) is 0 Å². The summed E-state index contributed by atoms with van der Waals surface area (Å²) in [4.78, 5) is 15.2. The van der Waals surface area contributed by atoms with Gasteiger partial charge < -0.3 is 10.6 Å². The standard InChI is InChI=1S/C15H13ClFN3O/c1-8(10-2-11(17)7-18-6-10)19-14-3-9-4-15(21)20-13(9)5-12(14)16/h2-3,5-8,19H,4H2,1H3,(H,20,21). The highest BCUT2D eigenvalue weighted by molar-refractivity contribution is 6.33. The average Bonchev–Trinajstić information content (AvgIpc) is 2.78. The monoisotopic (exact) mass is 305 g/mol. The lowest BCUT2D eigenvalue weighted by atomic mass is 10.1. The number of carbonyl (C=O) groups is 1. The molecule has 1 aliphatic rings. The van der Waals surface area contributed by atoms with E-state index in [1.807, 2.05) is 13.0 Å². The molecule has 0 aliphatic carbocycles. The van der Waals surface area contributed by atoms with Gasteiger partial charge in [0.25, 0.3) is 0 Å². The number of benzene rings is 1. The maximum atomic E-state index is 13.2. The highest BCUT2D eigenvalue weighted by atomic mass is 35.5. The lowest BCUT2D eigenvalue weighted by Crippen LogP contribution is -2.08. The molecule has 1 unspecified atom stereocenters. The van der Waals surface area contributed by atoms with Gasteiger partial charge in [0.1, 0.15) is 5.82 Å². The van der Waals surface area contributed by atoms with Crippen LogP contribution in [-0.4, -0.2) is 10.9 Å². The number of nitrogens with zero attached hydrogens (tertiary/aromatic N) is 1. The van der Waals surface area contributed by atoms with Gasteiger partial charge in [-0.25, -0.2) is 4.39 Å². The summed E-state index contributed by atoms with van der Waals surface area (Å²) in [5.41, 5.74) is 3.08. The van der Waals surface area contributed by atoms with Crippen LogP contribution in [0.2, 0.25) is 5.02 Å². The smallest absolute Gasteiger partial charge is 0.228 e. The molecule has 6 heteroatoms. The first-order valence-corrected chi connectivity index (χ1v) is 6.90. The molecule has 0 fully saturated rings. The molecule has 1 atom stereocenters. The van der Waals surface area contributed by atoms with Gasteiger partial charge in [0.05, 0.1) is 29.4 Å². The Bertz CT molecular complexity index is 720. The molecule has 0 saturated carbocycles. The predicted molar refractivity (Wildman–Crippen MR) is 80.0 cm³/mol. The van der Waals surface area contributed by atoms with Crippen molar-refractivity contribution < 1.29 is 9.18 Å². The van der Waals surface area contributed by atoms with Crippen LogP contribution in [0.15, 0.2) is 30.6 Å². The molecule has 0 bridgehead atoms. The first kappa shape index (κ1) is 13.8. The third-order valence-corrected chi connectivity index (χ3v) is 3.73. The molecule has 1 aliphatic heterocycles. The second-order valence-electron chi connectivity index (χ2n) is 5.02. The van der Waals surface area contributed by atoms with E-state index in [0.29, 0.717) is 17.1 Å². The van der Waals surface area contributed by atoms with E-state index in [-0.39, 0.29) is 17.8 Å². The maximum absolute atomic E-state index is 13.2. The van der Waals surface area contributed by atoms with Crippen molar-refractivity contribution in [3.05, 3.63) is 52.6 Å². The maximum Gasteiger partial charge on any atom is 0.228 e. The minimum absolute atomic E-state index is 0.0411. The van der Waals surface area contributed by atoms with Crippen LogP contribution in [0.4, 0.5) is 15.8 Å². The van der Waals surface area contributed by atoms with E-state index in [9.17, 15) is 9.18 Å². The summed E-state index contributed by atoms with van der Waals surface area (Å²) in [6.07, 6.45) is 3.11. The van der Waals surface area contributed by atoms with E-state index in [2.05, 4.69) is 15.6 Å². The summed E-state index contributed by atoms with van der Waals surface area (Å²) in [5, 5.41) is 6.47. The van der Waals surface area contributed by atoms with Gasteiger partial charge >= 0.3 is 0 Å². The van der Waals surface area contributed by atoms with E-state index in [1.54, 1.807) is 12.3 Å². The molecule has 21 heavy (non-hydrogen) atoms. The van der Waals surface area contributed by atoms with Crippen LogP contribution < -0.4 is 10.6 Å². The molecular formula is C15H13ClFN3O. The van der Waals surface area contributed by atoms with E-state index in [1.165, 1.54) is 6.07 Å². The molecule has 0 saturated heterocycles. The fourth-order valence-corrected chi connectivity index (χ4v) is 2.56. The Balaban J connectivity index is 1.85. The third kappa shape index (κ3) is 2.83. The van der Waals surface area contributed by atoms with Gasteiger partial charge in [-0.3, -0.25) is 9.78 Å². The van der Waals surface area contributed by atoms with Gasteiger partial charge in [-0.05, 0) is 36.2 Å². The Kier molecular flexibility index (Phi) is 3.51. The number of hydrogen-bond acceptors (Lipinski definition) is 3. The zero-order valence-corrected chi connectivity index (χ0v) is 12.0. The quantitative estimate of drug-likeness (QED) is 0.912. The van der Waals surface area contributed by atoms with Crippen molar-refractivity contribution in [3.8, 4) is 0 Å². The van der Waals surface area contributed by atoms with Crippen molar-refractivity contribution in [1.29, 1.82) is 0 Å². The number of aromatic nitrogens is 1. The Morgan fingerprint density at radius 1 is 1.38 bits per heavy atom. The van der Waals surface area contributed by atoms with Crippen LogP contribution >= 0.6 is 11.6 Å². The minimum atomic E-state index is -0.379. The van der Waals surface area contributed by atoms with E-state index < -0.39 is 0 Å². The number of nitrogens with one attached hydrogen (secondary N) is 2. The zero-order chi connectivity index (χ0) is 15.0. The number of carbonyl (C=O) groups excluding carboxylic acids is 1. The second-order valence-corrected chi connectivity index (χ2v) is 5.42. The molecule has 4 nitrogen and oxygen atoms in total. The van der Waals surface area contributed by atoms with Crippen molar-refractivity contribution in [2.45, 2.75) is 19.4 Å². The Hall–Kier alpha value is -2.14. The van der Waals surface area contributed by atoms with Crippen LogP contribution in [0.1, 0.15) is 24.1 Å². The van der Waals surface area contributed by atoms with Crippen LogP contribution in [0.5, 0.6) is 0 Å². The number of fused-ring (bicyclic) bond motifs is 1. The summed E-state index contributed by atoms with van der Waals surface area (Å²) < 4.78 is 13.2. The Morgan fingerprint density at radius 3 is 2.95 bits per heavy atom. The number of rotatable bonds is 3. The normalized spacial score (nSPS) is 14.5. The fourth-order valence-electron chi connectivity index (χ4n) is 2.34. The highest BCUT2D eigenvalue weighted by Crippen LogP contribution is 2.34. The van der Waals surface area contributed by atoms with E-state index in [4.69, 9.17) is 11.6 Å². The van der Waals surface area contributed by atoms with Crippen molar-refractivity contribution in [1.82, 2.24) is 4.98 Å². The predicted octanol–water partition coefficient (Wildman–Crippen LogP) is 3.54. The molecular weight excluding hydrogens is 293 g/mol. The molecule has 0 spiro atoms. The van der Waals surface area contributed by atoms with Crippen molar-refractivity contribution in [3.63, 3.8) is 0 Å². The highest BCUT2D eigenvalue weighted by Gasteiger charge is 2.20. The number of pyridine rings is 1. The summed E-state index contributed by atoms with van der Waals surface area (Å²) in [6.45, 7) is 1.89. The molecule has 1 aromatic heterocycles. The number of hydrogen-bond donors (Lipinski definition) is 2. The van der Waals surface area contributed by atoms with Gasteiger partial charge in [0.15, 0.2) is 0 Å². The second kappa shape index (κ2) is 5.33. The Labute approximate surface area is 126 Å². The van der Waals surface area contributed by atoms with Gasteiger partial charge in [-0.1, -0.05) is 11.6 Å². The summed E-state index contributed by atoms with van der Waals surface area (Å²) >= 11 is 6.21. The third-order valence-electron chi connectivity index (χ3n) is 3.42. The largest absolute Gasteiger partial charge is 0.377 e. The molecule has 3 rings (SSSR count).